The van der Waals surface area contributed by atoms with Gasteiger partial charge in [-0.05, 0) is 44.5 Å². The minimum atomic E-state index is -0.957. The van der Waals surface area contributed by atoms with E-state index in [-0.39, 0.29) is 24.8 Å². The molecular weight excluding hydrogens is 464 g/mol. The van der Waals surface area contributed by atoms with Gasteiger partial charge < -0.3 is 25.6 Å². The standard InChI is InChI=1S/C25H34N6O5/c26-16-6-9-29(10-7-16)11-13-36-12-8-27-17-14-30(15-17)19-3-1-2-18-22(19)25(35)31(24(18)34)20-4-5-21(32)28-23(20)33/h1-3,16-17,20,27H,4-15,26H2,(H,28,32,33). The number of nitrogens with one attached hydrogen (secondary N) is 2. The largest absolute Gasteiger partial charge is 0.379 e. The molecule has 4 amide bonds. The van der Waals surface area contributed by atoms with Crippen LogP contribution in [0.15, 0.2) is 18.2 Å². The van der Waals surface area contributed by atoms with Crippen molar-refractivity contribution in [1.82, 2.24) is 20.4 Å². The van der Waals surface area contributed by atoms with Crippen LogP contribution in [0.5, 0.6) is 0 Å². The van der Waals surface area contributed by atoms with Crippen molar-refractivity contribution >= 4 is 29.3 Å². The molecule has 0 radical (unpaired) electrons. The molecule has 5 rings (SSSR count). The Kier molecular flexibility index (Phi) is 7.33. The normalized spacial score (nSPS) is 23.8. The molecule has 4 heterocycles. The van der Waals surface area contributed by atoms with Gasteiger partial charge in [0.1, 0.15) is 6.04 Å². The first-order valence-electron chi connectivity index (χ1n) is 12.8. The van der Waals surface area contributed by atoms with Crippen molar-refractivity contribution in [3.63, 3.8) is 0 Å². The van der Waals surface area contributed by atoms with E-state index in [4.69, 9.17) is 10.5 Å². The molecule has 4 N–H and O–H groups in total. The summed E-state index contributed by atoms with van der Waals surface area (Å²) in [6, 6.07) is 4.87. The third kappa shape index (κ3) is 5.01. The van der Waals surface area contributed by atoms with Crippen molar-refractivity contribution in [2.45, 2.75) is 43.8 Å². The predicted octanol–water partition coefficient (Wildman–Crippen LogP) is -0.694. The van der Waals surface area contributed by atoms with Crippen LogP contribution in [0.2, 0.25) is 0 Å². The molecule has 3 fully saturated rings. The van der Waals surface area contributed by atoms with E-state index in [2.05, 4.69) is 20.4 Å². The van der Waals surface area contributed by atoms with E-state index in [9.17, 15) is 19.2 Å². The maximum Gasteiger partial charge on any atom is 0.264 e. The molecule has 11 nitrogen and oxygen atoms in total. The lowest BCUT2D eigenvalue weighted by Crippen LogP contribution is -2.59. The molecule has 0 spiro atoms. The van der Waals surface area contributed by atoms with Crippen LogP contribution in [0.4, 0.5) is 5.69 Å². The van der Waals surface area contributed by atoms with Gasteiger partial charge in [0.15, 0.2) is 0 Å². The van der Waals surface area contributed by atoms with Crippen molar-refractivity contribution in [2.75, 3.05) is 57.4 Å². The quantitative estimate of drug-likeness (QED) is 0.298. The van der Waals surface area contributed by atoms with Gasteiger partial charge in [0.25, 0.3) is 11.8 Å². The monoisotopic (exact) mass is 498 g/mol. The fourth-order valence-electron chi connectivity index (χ4n) is 5.37. The summed E-state index contributed by atoms with van der Waals surface area (Å²) in [7, 11) is 0. The molecule has 4 aliphatic heterocycles. The lowest BCUT2D eigenvalue weighted by Gasteiger charge is -2.42. The number of likely N-dealkylation sites (tertiary alicyclic amines) is 1. The second kappa shape index (κ2) is 10.6. The van der Waals surface area contributed by atoms with E-state index in [1.165, 1.54) is 0 Å². The number of benzene rings is 1. The Morgan fingerprint density at radius 3 is 2.56 bits per heavy atom. The van der Waals surface area contributed by atoms with E-state index in [0.717, 1.165) is 43.9 Å². The Morgan fingerprint density at radius 2 is 1.81 bits per heavy atom. The summed E-state index contributed by atoms with van der Waals surface area (Å²) in [6.45, 7) is 6.55. The van der Waals surface area contributed by atoms with Crippen LogP contribution in [0.25, 0.3) is 0 Å². The number of ether oxygens (including phenoxy) is 1. The SMILES string of the molecule is NC1CCN(CCOCCNC2CN(c3cccc4c3C(=O)N(C3CCC(=O)NC3=O)C4=O)C2)CC1. The van der Waals surface area contributed by atoms with Crippen LogP contribution in [0, 0.1) is 0 Å². The zero-order valence-corrected chi connectivity index (χ0v) is 20.4. The second-order valence-corrected chi connectivity index (χ2v) is 9.99. The van der Waals surface area contributed by atoms with Gasteiger partial charge in [-0.1, -0.05) is 6.07 Å². The predicted molar refractivity (Wildman–Crippen MR) is 132 cm³/mol. The number of hydrogen-bond acceptors (Lipinski definition) is 9. The first-order chi connectivity index (χ1) is 17.4. The zero-order chi connectivity index (χ0) is 25.2. The molecule has 1 atom stereocenters. The van der Waals surface area contributed by atoms with Crippen LogP contribution in [0.3, 0.4) is 0 Å². The number of nitrogens with two attached hydrogens (primary N) is 1. The van der Waals surface area contributed by atoms with Crippen molar-refractivity contribution in [1.29, 1.82) is 0 Å². The number of carbonyl (C=O) groups excluding carboxylic acids is 4. The number of hydrogen-bond donors (Lipinski definition) is 3. The Balaban J connectivity index is 1.08. The van der Waals surface area contributed by atoms with Crippen LogP contribution < -0.4 is 21.3 Å². The molecule has 0 aliphatic carbocycles. The highest BCUT2D eigenvalue weighted by Gasteiger charge is 2.46. The molecule has 4 aliphatic rings. The van der Waals surface area contributed by atoms with Crippen LogP contribution >= 0.6 is 0 Å². The molecule has 0 bridgehead atoms. The van der Waals surface area contributed by atoms with Gasteiger partial charge in [0, 0.05) is 44.7 Å². The van der Waals surface area contributed by atoms with E-state index >= 15 is 0 Å². The molecule has 1 aromatic carbocycles. The van der Waals surface area contributed by atoms with Gasteiger partial charge >= 0.3 is 0 Å². The molecule has 3 saturated heterocycles. The first kappa shape index (κ1) is 24.8. The maximum absolute atomic E-state index is 13.3. The van der Waals surface area contributed by atoms with Gasteiger partial charge in [0.2, 0.25) is 11.8 Å². The number of nitrogens with zero attached hydrogens (tertiary/aromatic N) is 3. The second-order valence-electron chi connectivity index (χ2n) is 9.99. The van der Waals surface area contributed by atoms with E-state index < -0.39 is 23.8 Å². The van der Waals surface area contributed by atoms with Gasteiger partial charge in [-0.25, -0.2) is 0 Å². The highest BCUT2D eigenvalue weighted by molar-refractivity contribution is 6.25. The molecule has 0 aromatic heterocycles. The molecule has 1 unspecified atom stereocenters. The summed E-state index contributed by atoms with van der Waals surface area (Å²) in [5.41, 5.74) is 7.30. The number of carbonyl (C=O) groups is 4. The fraction of sp³-hybridized carbons (Fsp3) is 0.600. The van der Waals surface area contributed by atoms with Crippen LogP contribution in [-0.4, -0.2) is 104 Å². The Labute approximate surface area is 210 Å². The first-order valence-corrected chi connectivity index (χ1v) is 12.8. The van der Waals surface area contributed by atoms with Gasteiger partial charge in [-0.15, -0.1) is 0 Å². The molecule has 1 aromatic rings. The summed E-state index contributed by atoms with van der Waals surface area (Å²) in [5.74, 6) is -1.94. The van der Waals surface area contributed by atoms with Gasteiger partial charge in [-0.3, -0.25) is 29.4 Å². The lowest BCUT2D eigenvalue weighted by molar-refractivity contribution is -0.136. The Bertz CT molecular complexity index is 1030. The summed E-state index contributed by atoms with van der Waals surface area (Å²) in [5, 5.41) is 5.71. The average molecular weight is 499 g/mol. The van der Waals surface area contributed by atoms with E-state index in [0.29, 0.717) is 49.2 Å². The zero-order valence-electron chi connectivity index (χ0n) is 20.4. The van der Waals surface area contributed by atoms with E-state index in [1.807, 2.05) is 6.07 Å². The summed E-state index contributed by atoms with van der Waals surface area (Å²) in [4.78, 5) is 55.5. The fourth-order valence-corrected chi connectivity index (χ4v) is 5.37. The third-order valence-corrected chi connectivity index (χ3v) is 7.53. The summed E-state index contributed by atoms with van der Waals surface area (Å²) < 4.78 is 5.77. The molecule has 194 valence electrons. The number of rotatable bonds is 9. The molecule has 0 saturated carbocycles. The maximum atomic E-state index is 13.3. The third-order valence-electron chi connectivity index (χ3n) is 7.53. The molecule has 36 heavy (non-hydrogen) atoms. The van der Waals surface area contributed by atoms with Crippen molar-refractivity contribution in [3.05, 3.63) is 29.3 Å². The van der Waals surface area contributed by atoms with Crippen molar-refractivity contribution < 1.29 is 23.9 Å². The molecule has 11 heteroatoms. The number of amides is 4. The van der Waals surface area contributed by atoms with Crippen LogP contribution in [0.1, 0.15) is 46.4 Å². The Hall–Kier alpha value is -2.86. The number of imide groups is 2. The smallest absolute Gasteiger partial charge is 0.264 e. The minimum Gasteiger partial charge on any atom is -0.379 e. The highest BCUT2D eigenvalue weighted by Crippen LogP contribution is 2.35. The van der Waals surface area contributed by atoms with E-state index in [1.54, 1.807) is 12.1 Å². The summed E-state index contributed by atoms with van der Waals surface area (Å²) in [6.07, 6.45) is 2.36. The average Bonchev–Trinajstić information content (AvgIpc) is 3.09. The number of fused-ring (bicyclic) bond motifs is 1. The topological polar surface area (TPSA) is 137 Å². The highest BCUT2D eigenvalue weighted by atomic mass is 16.5. The number of anilines is 1. The minimum absolute atomic E-state index is 0.104. The lowest BCUT2D eigenvalue weighted by atomic mass is 10.0. The summed E-state index contributed by atoms with van der Waals surface area (Å²) >= 11 is 0. The Morgan fingerprint density at radius 1 is 1.03 bits per heavy atom. The van der Waals surface area contributed by atoms with Crippen LogP contribution in [-0.2, 0) is 14.3 Å². The van der Waals surface area contributed by atoms with Gasteiger partial charge in [-0.2, -0.15) is 0 Å². The van der Waals surface area contributed by atoms with Crippen molar-refractivity contribution in [2.24, 2.45) is 5.73 Å². The van der Waals surface area contributed by atoms with Gasteiger partial charge in [0.05, 0.1) is 30.0 Å². The van der Waals surface area contributed by atoms with Crippen molar-refractivity contribution in [3.8, 4) is 0 Å². The molecular formula is C25H34N6O5. The number of piperidine rings is 2.